The molecule has 0 radical (unpaired) electrons. The van der Waals surface area contributed by atoms with Crippen molar-refractivity contribution in [2.24, 2.45) is 0 Å². The number of carbonyl (C=O) groups is 1. The minimum Gasteiger partial charge on any atom is -0.508 e. The van der Waals surface area contributed by atoms with E-state index in [2.05, 4.69) is 5.32 Å². The SMILES string of the molecule is CC(C)(C)OCC(=O)NC1=CC=C(O)C=CC1. The van der Waals surface area contributed by atoms with Crippen LogP contribution in [0, 0.1) is 0 Å². The molecular weight excluding hydrogens is 218 g/mol. The molecule has 0 spiro atoms. The van der Waals surface area contributed by atoms with Crippen LogP contribution in [0.1, 0.15) is 27.2 Å². The number of hydrogen-bond acceptors (Lipinski definition) is 3. The molecule has 0 unspecified atom stereocenters. The van der Waals surface area contributed by atoms with Gasteiger partial charge >= 0.3 is 0 Å². The number of ether oxygens (including phenoxy) is 1. The highest BCUT2D eigenvalue weighted by Gasteiger charge is 2.13. The Bertz CT molecular complexity index is 373. The summed E-state index contributed by atoms with van der Waals surface area (Å²) >= 11 is 0. The molecular formula is C13H19NO3. The van der Waals surface area contributed by atoms with Crippen molar-refractivity contribution in [2.75, 3.05) is 6.61 Å². The van der Waals surface area contributed by atoms with Crippen LogP contribution in [0.25, 0.3) is 0 Å². The van der Waals surface area contributed by atoms with Crippen LogP contribution in [0.3, 0.4) is 0 Å². The maximum atomic E-state index is 11.6. The average Bonchev–Trinajstić information content (AvgIpc) is 2.40. The molecule has 1 amide bonds. The molecule has 0 aromatic carbocycles. The van der Waals surface area contributed by atoms with E-state index in [1.807, 2.05) is 20.8 Å². The minimum absolute atomic E-state index is 0.0280. The molecule has 2 N–H and O–H groups in total. The molecule has 0 aliphatic heterocycles. The van der Waals surface area contributed by atoms with Gasteiger partial charge in [0, 0.05) is 12.1 Å². The fourth-order valence-corrected chi connectivity index (χ4v) is 1.21. The van der Waals surface area contributed by atoms with Gasteiger partial charge in [0.15, 0.2) is 0 Å². The van der Waals surface area contributed by atoms with Crippen LogP contribution in [0.2, 0.25) is 0 Å². The first-order chi connectivity index (χ1) is 7.87. The topological polar surface area (TPSA) is 58.6 Å². The Morgan fingerprint density at radius 1 is 1.47 bits per heavy atom. The standard InChI is InChI=1S/C13H19NO3/c1-13(2,3)17-9-12(16)14-10-5-4-6-11(15)8-7-10/h4,6-8,15H,5,9H2,1-3H3,(H,14,16). The Morgan fingerprint density at radius 3 is 2.82 bits per heavy atom. The first-order valence-electron chi connectivity index (χ1n) is 5.57. The van der Waals surface area contributed by atoms with Crippen molar-refractivity contribution in [2.45, 2.75) is 32.8 Å². The third-order valence-corrected chi connectivity index (χ3v) is 2.02. The predicted octanol–water partition coefficient (Wildman–Crippen LogP) is 2.20. The summed E-state index contributed by atoms with van der Waals surface area (Å²) in [6.45, 7) is 5.72. The van der Waals surface area contributed by atoms with Crippen LogP contribution < -0.4 is 5.32 Å². The lowest BCUT2D eigenvalue weighted by molar-refractivity contribution is -0.129. The average molecular weight is 237 g/mol. The molecule has 1 aliphatic rings. The van der Waals surface area contributed by atoms with Crippen LogP contribution in [0.15, 0.2) is 35.8 Å². The number of aliphatic hydroxyl groups excluding tert-OH is 1. The molecule has 94 valence electrons. The molecule has 1 rings (SSSR count). The molecule has 0 aromatic rings. The third kappa shape index (κ3) is 5.92. The summed E-state index contributed by atoms with van der Waals surface area (Å²) in [7, 11) is 0. The second kappa shape index (κ2) is 5.68. The van der Waals surface area contributed by atoms with E-state index in [1.54, 1.807) is 24.3 Å². The lowest BCUT2D eigenvalue weighted by atomic mass is 10.2. The fourth-order valence-electron chi connectivity index (χ4n) is 1.21. The minimum atomic E-state index is -0.326. The summed E-state index contributed by atoms with van der Waals surface area (Å²) in [5.74, 6) is -0.00504. The zero-order valence-electron chi connectivity index (χ0n) is 10.5. The first-order valence-corrected chi connectivity index (χ1v) is 5.57. The van der Waals surface area contributed by atoms with Gasteiger partial charge in [-0.15, -0.1) is 0 Å². The van der Waals surface area contributed by atoms with Crippen LogP contribution in [-0.2, 0) is 9.53 Å². The Morgan fingerprint density at radius 2 is 2.18 bits per heavy atom. The van der Waals surface area contributed by atoms with E-state index in [0.29, 0.717) is 6.42 Å². The number of aliphatic hydroxyl groups is 1. The van der Waals surface area contributed by atoms with Crippen LogP contribution >= 0.6 is 0 Å². The quantitative estimate of drug-likeness (QED) is 0.791. The number of nitrogens with one attached hydrogen (secondary N) is 1. The highest BCUT2D eigenvalue weighted by Crippen LogP contribution is 2.08. The molecule has 1 aliphatic carbocycles. The largest absolute Gasteiger partial charge is 0.508 e. The Kier molecular flexibility index (Phi) is 4.52. The molecule has 0 bridgehead atoms. The van der Waals surface area contributed by atoms with Gasteiger partial charge in [-0.1, -0.05) is 6.08 Å². The number of carbonyl (C=O) groups excluding carboxylic acids is 1. The summed E-state index contributed by atoms with van der Waals surface area (Å²) in [6, 6.07) is 0. The first kappa shape index (κ1) is 13.5. The molecule has 4 nitrogen and oxygen atoms in total. The molecule has 0 aromatic heterocycles. The van der Waals surface area contributed by atoms with E-state index < -0.39 is 0 Å². The van der Waals surface area contributed by atoms with E-state index in [1.165, 1.54) is 0 Å². The highest BCUT2D eigenvalue weighted by atomic mass is 16.5. The molecule has 0 atom stereocenters. The number of amides is 1. The highest BCUT2D eigenvalue weighted by molar-refractivity contribution is 5.79. The van der Waals surface area contributed by atoms with E-state index in [9.17, 15) is 9.90 Å². The van der Waals surface area contributed by atoms with Gasteiger partial charge in [0.2, 0.25) is 5.91 Å². The summed E-state index contributed by atoms with van der Waals surface area (Å²) < 4.78 is 5.36. The smallest absolute Gasteiger partial charge is 0.250 e. The van der Waals surface area contributed by atoms with Gasteiger partial charge in [-0.3, -0.25) is 4.79 Å². The second-order valence-electron chi connectivity index (χ2n) is 4.84. The molecule has 4 heteroatoms. The van der Waals surface area contributed by atoms with Crippen molar-refractivity contribution in [1.29, 1.82) is 0 Å². The van der Waals surface area contributed by atoms with Gasteiger partial charge < -0.3 is 15.2 Å². The van der Waals surface area contributed by atoms with Gasteiger partial charge in [0.1, 0.15) is 12.4 Å². The Labute approximate surface area is 102 Å². The number of allylic oxidation sites excluding steroid dienone is 4. The van der Waals surface area contributed by atoms with Crippen molar-refractivity contribution in [1.82, 2.24) is 5.32 Å². The van der Waals surface area contributed by atoms with E-state index >= 15 is 0 Å². The van der Waals surface area contributed by atoms with Gasteiger partial charge in [0.05, 0.1) is 5.60 Å². The second-order valence-corrected chi connectivity index (χ2v) is 4.84. The summed E-state index contributed by atoms with van der Waals surface area (Å²) in [5.41, 5.74) is 0.417. The van der Waals surface area contributed by atoms with Gasteiger partial charge in [-0.05, 0) is 39.0 Å². The van der Waals surface area contributed by atoms with Crippen LogP contribution in [0.4, 0.5) is 0 Å². The van der Waals surface area contributed by atoms with Crippen molar-refractivity contribution >= 4 is 5.91 Å². The molecule has 0 fully saturated rings. The Hall–Kier alpha value is -1.55. The van der Waals surface area contributed by atoms with E-state index in [0.717, 1.165) is 5.70 Å². The van der Waals surface area contributed by atoms with Crippen molar-refractivity contribution in [3.05, 3.63) is 35.8 Å². The Balaban J connectivity index is 2.44. The molecule has 0 heterocycles. The lowest BCUT2D eigenvalue weighted by Gasteiger charge is -2.19. The summed E-state index contributed by atoms with van der Waals surface area (Å²) in [6.07, 6.45) is 7.20. The van der Waals surface area contributed by atoms with Crippen LogP contribution in [-0.4, -0.2) is 23.2 Å². The van der Waals surface area contributed by atoms with Gasteiger partial charge in [-0.2, -0.15) is 0 Å². The zero-order valence-corrected chi connectivity index (χ0v) is 10.5. The van der Waals surface area contributed by atoms with E-state index in [-0.39, 0.29) is 23.9 Å². The number of hydrogen-bond donors (Lipinski definition) is 2. The van der Waals surface area contributed by atoms with Crippen LogP contribution in [0.5, 0.6) is 0 Å². The summed E-state index contributed by atoms with van der Waals surface area (Å²) in [5, 5.41) is 12.0. The van der Waals surface area contributed by atoms with Crippen molar-refractivity contribution in [3.8, 4) is 0 Å². The predicted molar refractivity (Wildman–Crippen MR) is 66.4 cm³/mol. The maximum absolute atomic E-state index is 11.6. The fraction of sp³-hybridized carbons (Fsp3) is 0.462. The maximum Gasteiger partial charge on any atom is 0.250 e. The number of rotatable bonds is 3. The zero-order chi connectivity index (χ0) is 12.9. The lowest BCUT2D eigenvalue weighted by Crippen LogP contribution is -2.31. The molecule has 0 saturated carbocycles. The van der Waals surface area contributed by atoms with E-state index in [4.69, 9.17) is 4.74 Å². The van der Waals surface area contributed by atoms with Gasteiger partial charge in [-0.25, -0.2) is 0 Å². The van der Waals surface area contributed by atoms with Crippen molar-refractivity contribution in [3.63, 3.8) is 0 Å². The molecule has 17 heavy (non-hydrogen) atoms. The third-order valence-electron chi connectivity index (χ3n) is 2.02. The summed E-state index contributed by atoms with van der Waals surface area (Å²) in [4.78, 5) is 11.6. The monoisotopic (exact) mass is 237 g/mol. The molecule has 0 saturated heterocycles. The van der Waals surface area contributed by atoms with Crippen molar-refractivity contribution < 1.29 is 14.6 Å². The van der Waals surface area contributed by atoms with Gasteiger partial charge in [0.25, 0.3) is 0 Å². The normalized spacial score (nSPS) is 15.9.